The van der Waals surface area contributed by atoms with Gasteiger partial charge in [-0.3, -0.25) is 4.79 Å². The Labute approximate surface area is 97.4 Å². The molecule has 1 heterocycles. The van der Waals surface area contributed by atoms with Crippen molar-refractivity contribution in [3.05, 3.63) is 30.1 Å². The molecular weight excluding hydrogens is 223 g/mol. The predicted molar refractivity (Wildman–Crippen MR) is 59.0 cm³/mol. The van der Waals surface area contributed by atoms with Gasteiger partial charge in [0.2, 0.25) is 0 Å². The van der Waals surface area contributed by atoms with Crippen LogP contribution < -0.4 is 10.2 Å². The van der Waals surface area contributed by atoms with Crippen molar-refractivity contribution >= 4 is 17.6 Å². The van der Waals surface area contributed by atoms with Gasteiger partial charge in [0.05, 0.1) is 5.69 Å². The molecule has 0 unspecified atom stereocenters. The monoisotopic (exact) mass is 234 g/mol. The number of urea groups is 1. The van der Waals surface area contributed by atoms with Crippen molar-refractivity contribution in [1.29, 1.82) is 0 Å². The summed E-state index contributed by atoms with van der Waals surface area (Å²) in [4.78, 5) is 25.0. The Morgan fingerprint density at radius 2 is 1.82 bits per heavy atom. The highest BCUT2D eigenvalue weighted by atomic mass is 19.1. The molecule has 1 N–H and O–H groups in total. The van der Waals surface area contributed by atoms with Crippen LogP contribution in [-0.4, -0.2) is 17.5 Å². The molecule has 88 valence electrons. The van der Waals surface area contributed by atoms with E-state index in [-0.39, 0.29) is 11.7 Å². The second-order valence-electron chi connectivity index (χ2n) is 4.48. The highest BCUT2D eigenvalue weighted by Crippen LogP contribution is 2.38. The number of amides is 3. The maximum absolute atomic E-state index is 12.8. The average Bonchev–Trinajstić information content (AvgIpc) is 2.52. The zero-order chi connectivity index (χ0) is 12.0. The van der Waals surface area contributed by atoms with Gasteiger partial charge in [-0.05, 0) is 43.5 Å². The average molecular weight is 234 g/mol. The minimum absolute atomic E-state index is 0.222. The van der Waals surface area contributed by atoms with E-state index < -0.39 is 11.6 Å². The molecule has 0 atom stereocenters. The van der Waals surface area contributed by atoms with Crippen LogP contribution in [0, 0.1) is 5.82 Å². The number of carbonyl (C=O) groups excluding carboxylic acids is 2. The van der Waals surface area contributed by atoms with Crippen molar-refractivity contribution in [1.82, 2.24) is 5.32 Å². The third-order valence-corrected chi connectivity index (χ3v) is 3.45. The van der Waals surface area contributed by atoms with Gasteiger partial charge in [-0.1, -0.05) is 0 Å². The Morgan fingerprint density at radius 3 is 2.29 bits per heavy atom. The fourth-order valence-electron chi connectivity index (χ4n) is 2.31. The summed E-state index contributed by atoms with van der Waals surface area (Å²) in [6.45, 7) is 0. The molecule has 4 nitrogen and oxygen atoms in total. The van der Waals surface area contributed by atoms with E-state index in [2.05, 4.69) is 5.32 Å². The number of halogens is 1. The Morgan fingerprint density at radius 1 is 1.18 bits per heavy atom. The van der Waals surface area contributed by atoms with Crippen LogP contribution in [0.3, 0.4) is 0 Å². The molecule has 3 amide bonds. The molecule has 1 aliphatic heterocycles. The summed E-state index contributed by atoms with van der Waals surface area (Å²) < 4.78 is 12.8. The molecule has 1 saturated heterocycles. The van der Waals surface area contributed by atoms with E-state index in [1.807, 2.05) is 0 Å². The van der Waals surface area contributed by atoms with E-state index in [4.69, 9.17) is 0 Å². The maximum Gasteiger partial charge on any atom is 0.329 e. The van der Waals surface area contributed by atoms with Gasteiger partial charge in [0.1, 0.15) is 11.4 Å². The summed E-state index contributed by atoms with van der Waals surface area (Å²) in [5, 5.41) is 2.72. The van der Waals surface area contributed by atoms with Crippen LogP contribution in [-0.2, 0) is 4.79 Å². The Balaban J connectivity index is 1.95. The highest BCUT2D eigenvalue weighted by Gasteiger charge is 2.55. The second-order valence-corrected chi connectivity index (χ2v) is 4.48. The topological polar surface area (TPSA) is 49.4 Å². The fraction of sp³-hybridized carbons (Fsp3) is 0.333. The minimum atomic E-state index is -0.689. The van der Waals surface area contributed by atoms with E-state index in [0.29, 0.717) is 18.5 Å². The maximum atomic E-state index is 12.8. The van der Waals surface area contributed by atoms with Gasteiger partial charge in [0.25, 0.3) is 5.91 Å². The summed E-state index contributed by atoms with van der Waals surface area (Å²) in [5.74, 6) is -0.612. The van der Waals surface area contributed by atoms with Gasteiger partial charge in [-0.15, -0.1) is 0 Å². The van der Waals surface area contributed by atoms with Crippen molar-refractivity contribution in [2.24, 2.45) is 0 Å². The summed E-state index contributed by atoms with van der Waals surface area (Å²) in [6.07, 6.45) is 2.33. The van der Waals surface area contributed by atoms with E-state index >= 15 is 0 Å². The normalized spacial score (nSPS) is 21.6. The predicted octanol–water partition coefficient (Wildman–Crippen LogP) is 1.80. The Kier molecular flexibility index (Phi) is 1.98. The lowest BCUT2D eigenvalue weighted by molar-refractivity contribution is -0.124. The lowest BCUT2D eigenvalue weighted by Crippen LogP contribution is -2.52. The van der Waals surface area contributed by atoms with Gasteiger partial charge in [0, 0.05) is 0 Å². The Bertz CT molecular complexity index is 494. The summed E-state index contributed by atoms with van der Waals surface area (Å²) in [7, 11) is 0. The van der Waals surface area contributed by atoms with Crippen LogP contribution in [0.15, 0.2) is 24.3 Å². The van der Waals surface area contributed by atoms with Crippen LogP contribution in [0.25, 0.3) is 0 Å². The van der Waals surface area contributed by atoms with Gasteiger partial charge in [-0.25, -0.2) is 14.1 Å². The molecule has 5 heteroatoms. The third kappa shape index (κ3) is 1.35. The zero-order valence-electron chi connectivity index (χ0n) is 9.07. The molecule has 1 saturated carbocycles. The van der Waals surface area contributed by atoms with Crippen LogP contribution >= 0.6 is 0 Å². The molecule has 1 aliphatic carbocycles. The van der Waals surface area contributed by atoms with Crippen LogP contribution in [0.4, 0.5) is 14.9 Å². The minimum Gasteiger partial charge on any atom is -0.323 e. The van der Waals surface area contributed by atoms with Crippen LogP contribution in [0.1, 0.15) is 19.3 Å². The van der Waals surface area contributed by atoms with Crippen molar-refractivity contribution in [3.63, 3.8) is 0 Å². The molecule has 2 aliphatic rings. The first-order chi connectivity index (χ1) is 8.12. The standard InChI is InChI=1S/C12H11FN2O2/c13-8-2-4-9(5-3-8)15-10(16)12(6-1-7-12)14-11(15)17/h2-5H,1,6-7H2,(H,14,17). The highest BCUT2D eigenvalue weighted by molar-refractivity contribution is 6.23. The number of nitrogens with one attached hydrogen (secondary N) is 1. The third-order valence-electron chi connectivity index (χ3n) is 3.45. The molecule has 3 rings (SSSR count). The molecule has 2 fully saturated rings. The molecule has 0 bridgehead atoms. The first-order valence-corrected chi connectivity index (χ1v) is 5.55. The van der Waals surface area contributed by atoms with Crippen molar-refractivity contribution in [2.75, 3.05) is 4.90 Å². The number of benzene rings is 1. The number of hydrogen-bond acceptors (Lipinski definition) is 2. The SMILES string of the molecule is O=C1NC2(CCC2)C(=O)N1c1ccc(F)cc1. The van der Waals surface area contributed by atoms with Crippen molar-refractivity contribution < 1.29 is 14.0 Å². The van der Waals surface area contributed by atoms with Gasteiger partial charge in [-0.2, -0.15) is 0 Å². The van der Waals surface area contributed by atoms with E-state index in [9.17, 15) is 14.0 Å². The number of hydrogen-bond donors (Lipinski definition) is 1. The molecule has 17 heavy (non-hydrogen) atoms. The number of rotatable bonds is 1. The number of carbonyl (C=O) groups is 2. The van der Waals surface area contributed by atoms with Gasteiger partial charge in [0.15, 0.2) is 0 Å². The summed E-state index contributed by atoms with van der Waals surface area (Å²) in [6, 6.07) is 4.93. The first-order valence-electron chi connectivity index (χ1n) is 5.55. The summed E-state index contributed by atoms with van der Waals surface area (Å²) in [5.41, 5.74) is -0.275. The molecule has 1 aromatic carbocycles. The molecule has 0 aromatic heterocycles. The van der Waals surface area contributed by atoms with E-state index in [0.717, 1.165) is 11.3 Å². The van der Waals surface area contributed by atoms with Crippen LogP contribution in [0.5, 0.6) is 0 Å². The lowest BCUT2D eigenvalue weighted by Gasteiger charge is -2.34. The number of anilines is 1. The molecule has 1 spiro atoms. The quantitative estimate of drug-likeness (QED) is 0.753. The largest absolute Gasteiger partial charge is 0.329 e. The summed E-state index contributed by atoms with van der Waals surface area (Å²) >= 11 is 0. The molecule has 0 radical (unpaired) electrons. The zero-order valence-corrected chi connectivity index (χ0v) is 9.07. The van der Waals surface area contributed by atoms with E-state index in [1.165, 1.54) is 24.3 Å². The number of imide groups is 1. The smallest absolute Gasteiger partial charge is 0.323 e. The Hall–Kier alpha value is -1.91. The van der Waals surface area contributed by atoms with Crippen LogP contribution in [0.2, 0.25) is 0 Å². The lowest BCUT2D eigenvalue weighted by atomic mass is 9.77. The first kappa shape index (κ1) is 10.3. The second kappa shape index (κ2) is 3.29. The van der Waals surface area contributed by atoms with E-state index in [1.54, 1.807) is 0 Å². The fourth-order valence-corrected chi connectivity index (χ4v) is 2.31. The molecular formula is C12H11FN2O2. The number of nitrogens with zero attached hydrogens (tertiary/aromatic N) is 1. The molecule has 1 aromatic rings. The van der Waals surface area contributed by atoms with Crippen molar-refractivity contribution in [2.45, 2.75) is 24.8 Å². The van der Waals surface area contributed by atoms with Gasteiger partial charge < -0.3 is 5.32 Å². The van der Waals surface area contributed by atoms with Crippen molar-refractivity contribution in [3.8, 4) is 0 Å². The van der Waals surface area contributed by atoms with Gasteiger partial charge >= 0.3 is 6.03 Å².